The number of amides is 2. The molecule has 2 aromatic carbocycles. The molecule has 0 aromatic heterocycles. The molecule has 1 aliphatic rings. The van der Waals surface area contributed by atoms with Crippen LogP contribution in [0.1, 0.15) is 36.7 Å². The molecule has 31 heavy (non-hydrogen) atoms. The van der Waals surface area contributed by atoms with Gasteiger partial charge in [0.1, 0.15) is 18.0 Å². The zero-order valence-electron chi connectivity index (χ0n) is 18.0. The molecule has 2 aromatic rings. The fourth-order valence-electron chi connectivity index (χ4n) is 3.21. The molecule has 0 aliphatic carbocycles. The van der Waals surface area contributed by atoms with Crippen LogP contribution in [0.15, 0.2) is 60.4 Å². The van der Waals surface area contributed by atoms with Crippen LogP contribution >= 0.6 is 0 Å². The number of para-hydroxylation sites is 1. The summed E-state index contributed by atoms with van der Waals surface area (Å²) < 4.78 is 24.0. The van der Waals surface area contributed by atoms with Crippen molar-refractivity contribution in [2.45, 2.75) is 32.8 Å². The summed E-state index contributed by atoms with van der Waals surface area (Å²) in [6.07, 6.45) is 0.484. The van der Waals surface area contributed by atoms with Gasteiger partial charge >= 0.3 is 6.09 Å². The van der Waals surface area contributed by atoms with Gasteiger partial charge in [-0.1, -0.05) is 18.2 Å². The molecule has 164 valence electrons. The third-order valence-electron chi connectivity index (χ3n) is 4.66. The number of hydrogen-bond donors (Lipinski definition) is 1. The average Bonchev–Trinajstić information content (AvgIpc) is 2.73. The summed E-state index contributed by atoms with van der Waals surface area (Å²) in [5.41, 5.74) is 2.03. The average molecular weight is 426 g/mol. The van der Waals surface area contributed by atoms with Crippen molar-refractivity contribution >= 4 is 17.7 Å². The maximum Gasteiger partial charge on any atom is 0.407 e. The van der Waals surface area contributed by atoms with Gasteiger partial charge < -0.3 is 19.7 Å². The molecule has 2 amide bonds. The van der Waals surface area contributed by atoms with Crippen molar-refractivity contribution < 1.29 is 23.5 Å². The van der Waals surface area contributed by atoms with Crippen molar-refractivity contribution in [2.24, 2.45) is 0 Å². The first-order chi connectivity index (χ1) is 14.8. The van der Waals surface area contributed by atoms with Gasteiger partial charge in [-0.3, -0.25) is 4.79 Å². The molecule has 0 unspecified atom stereocenters. The van der Waals surface area contributed by atoms with Crippen LogP contribution < -0.4 is 15.0 Å². The number of rotatable bonds is 6. The van der Waals surface area contributed by atoms with E-state index >= 15 is 0 Å². The number of fused-ring (bicyclic) bond motifs is 1. The van der Waals surface area contributed by atoms with Crippen molar-refractivity contribution in [3.05, 3.63) is 71.6 Å². The van der Waals surface area contributed by atoms with Crippen LogP contribution in [0.25, 0.3) is 0 Å². The smallest absolute Gasteiger partial charge is 0.407 e. The van der Waals surface area contributed by atoms with Crippen LogP contribution in [0.3, 0.4) is 0 Å². The van der Waals surface area contributed by atoms with Crippen molar-refractivity contribution in [3.8, 4) is 5.75 Å². The number of nitrogens with zero attached hydrogens (tertiary/aromatic N) is 1. The Balaban J connectivity index is 1.58. The van der Waals surface area contributed by atoms with E-state index in [4.69, 9.17) is 9.47 Å². The van der Waals surface area contributed by atoms with E-state index in [1.54, 1.807) is 37.8 Å². The van der Waals surface area contributed by atoms with Crippen LogP contribution in [0.2, 0.25) is 0 Å². The first-order valence-electron chi connectivity index (χ1n) is 10.1. The fraction of sp³-hybridized carbons (Fsp3) is 0.333. The summed E-state index contributed by atoms with van der Waals surface area (Å²) in [5, 5.41) is 2.50. The lowest BCUT2D eigenvalue weighted by atomic mass is 9.98. The number of anilines is 1. The van der Waals surface area contributed by atoms with Gasteiger partial charge in [0.15, 0.2) is 0 Å². The lowest BCUT2D eigenvalue weighted by Crippen LogP contribution is -2.37. The minimum atomic E-state index is -0.628. The second-order valence-corrected chi connectivity index (χ2v) is 8.27. The number of ether oxygens (including phenoxy) is 2. The van der Waals surface area contributed by atoms with Crippen LogP contribution in [-0.2, 0) is 11.2 Å². The fourth-order valence-corrected chi connectivity index (χ4v) is 3.21. The second-order valence-electron chi connectivity index (χ2n) is 8.27. The minimum absolute atomic E-state index is 0.0269. The molecule has 1 aliphatic heterocycles. The van der Waals surface area contributed by atoms with Gasteiger partial charge in [-0.15, -0.1) is 0 Å². The highest BCUT2D eigenvalue weighted by Crippen LogP contribution is 2.27. The molecule has 0 atom stereocenters. The van der Waals surface area contributed by atoms with Crippen LogP contribution in [0, 0.1) is 0 Å². The molecule has 0 fully saturated rings. The van der Waals surface area contributed by atoms with E-state index in [2.05, 4.69) is 5.32 Å². The SMILES string of the molecule is CC(C)(C)OC(=O)NC/C(=C/F)COc1ccc2c(c1)CCN(c1ccccc1)C2=O. The van der Waals surface area contributed by atoms with Gasteiger partial charge in [0, 0.05) is 29.9 Å². The summed E-state index contributed by atoms with van der Waals surface area (Å²) in [7, 11) is 0. The molecule has 0 bridgehead atoms. The number of halogens is 1. The molecule has 1 N–H and O–H groups in total. The van der Waals surface area contributed by atoms with E-state index in [0.717, 1.165) is 11.3 Å². The van der Waals surface area contributed by atoms with E-state index in [-0.39, 0.29) is 24.6 Å². The highest BCUT2D eigenvalue weighted by molar-refractivity contribution is 6.08. The highest BCUT2D eigenvalue weighted by Gasteiger charge is 2.25. The quantitative estimate of drug-likeness (QED) is 0.730. The van der Waals surface area contributed by atoms with Gasteiger partial charge in [0.05, 0.1) is 6.33 Å². The van der Waals surface area contributed by atoms with E-state index < -0.39 is 11.7 Å². The normalized spacial score (nSPS) is 14.1. The van der Waals surface area contributed by atoms with Crippen molar-refractivity contribution in [2.75, 3.05) is 24.6 Å². The Morgan fingerprint density at radius 3 is 2.61 bits per heavy atom. The van der Waals surface area contributed by atoms with Gasteiger partial charge in [-0.25, -0.2) is 9.18 Å². The molecule has 0 saturated heterocycles. The van der Waals surface area contributed by atoms with Crippen molar-refractivity contribution in [1.29, 1.82) is 0 Å². The second kappa shape index (κ2) is 9.64. The topological polar surface area (TPSA) is 67.9 Å². The Bertz CT molecular complexity index is 967. The number of nitrogens with one attached hydrogen (secondary N) is 1. The van der Waals surface area contributed by atoms with E-state index in [9.17, 15) is 14.0 Å². The van der Waals surface area contributed by atoms with Crippen LogP contribution in [-0.4, -0.2) is 37.3 Å². The predicted molar refractivity (Wildman–Crippen MR) is 117 cm³/mol. The summed E-state index contributed by atoms with van der Waals surface area (Å²) in [6.45, 7) is 5.77. The Morgan fingerprint density at radius 2 is 1.94 bits per heavy atom. The zero-order valence-corrected chi connectivity index (χ0v) is 18.0. The third-order valence-corrected chi connectivity index (χ3v) is 4.66. The third kappa shape index (κ3) is 6.07. The lowest BCUT2D eigenvalue weighted by Gasteiger charge is -2.29. The van der Waals surface area contributed by atoms with E-state index in [0.29, 0.717) is 30.6 Å². The number of benzene rings is 2. The summed E-state index contributed by atoms with van der Waals surface area (Å²) in [6, 6.07) is 14.8. The molecule has 6 nitrogen and oxygen atoms in total. The maximum absolute atomic E-state index is 13.2. The lowest BCUT2D eigenvalue weighted by molar-refractivity contribution is 0.0531. The predicted octanol–water partition coefficient (Wildman–Crippen LogP) is 4.65. The first-order valence-corrected chi connectivity index (χ1v) is 10.1. The Hall–Kier alpha value is -3.35. The molecular formula is C24H27FN2O4. The molecule has 3 rings (SSSR count). The molecule has 0 spiro atoms. The van der Waals surface area contributed by atoms with Crippen LogP contribution in [0.5, 0.6) is 5.75 Å². The Labute approximate surface area is 181 Å². The molecular weight excluding hydrogens is 399 g/mol. The molecule has 1 heterocycles. The zero-order chi connectivity index (χ0) is 22.4. The minimum Gasteiger partial charge on any atom is -0.489 e. The standard InChI is InChI=1S/C24H27FN2O4/c1-24(2,3)31-23(29)26-15-17(14-25)16-30-20-9-10-21-18(13-20)11-12-27(22(21)28)19-7-5-4-6-8-19/h4-10,13-14H,11-12,15-16H2,1-3H3,(H,26,29)/b17-14-. The maximum atomic E-state index is 13.2. The highest BCUT2D eigenvalue weighted by atomic mass is 19.1. The monoisotopic (exact) mass is 426 g/mol. The Kier molecular flexibility index (Phi) is 6.95. The Morgan fingerprint density at radius 1 is 1.19 bits per heavy atom. The molecule has 0 saturated carbocycles. The summed E-state index contributed by atoms with van der Waals surface area (Å²) in [4.78, 5) is 26.3. The van der Waals surface area contributed by atoms with Gasteiger partial charge in [0.25, 0.3) is 5.91 Å². The largest absolute Gasteiger partial charge is 0.489 e. The van der Waals surface area contributed by atoms with Gasteiger partial charge in [-0.2, -0.15) is 0 Å². The number of carbonyl (C=O) groups excluding carboxylic acids is 2. The number of carbonyl (C=O) groups is 2. The first kappa shape index (κ1) is 22.3. The number of hydrogen-bond acceptors (Lipinski definition) is 4. The van der Waals surface area contributed by atoms with Crippen molar-refractivity contribution in [3.63, 3.8) is 0 Å². The molecule has 0 radical (unpaired) electrons. The summed E-state index contributed by atoms with van der Waals surface area (Å²) >= 11 is 0. The summed E-state index contributed by atoms with van der Waals surface area (Å²) in [5.74, 6) is 0.487. The number of alkyl carbamates (subject to hydrolysis) is 1. The van der Waals surface area contributed by atoms with Crippen LogP contribution in [0.4, 0.5) is 14.9 Å². The molecule has 7 heteroatoms. The van der Waals surface area contributed by atoms with Gasteiger partial charge in [-0.05, 0) is 63.1 Å². The van der Waals surface area contributed by atoms with E-state index in [1.165, 1.54) is 0 Å². The van der Waals surface area contributed by atoms with Crippen molar-refractivity contribution in [1.82, 2.24) is 5.32 Å². The van der Waals surface area contributed by atoms with Gasteiger partial charge in [0.2, 0.25) is 0 Å². The van der Waals surface area contributed by atoms with E-state index in [1.807, 2.05) is 36.4 Å².